The molecule has 1 aromatic rings. The van der Waals surface area contributed by atoms with Crippen molar-refractivity contribution in [1.82, 2.24) is 0 Å². The third-order valence-corrected chi connectivity index (χ3v) is 2.71. The van der Waals surface area contributed by atoms with Crippen molar-refractivity contribution in [3.63, 3.8) is 0 Å². The van der Waals surface area contributed by atoms with Crippen LogP contribution in [0.25, 0.3) is 0 Å². The van der Waals surface area contributed by atoms with Gasteiger partial charge in [-0.05, 0) is 24.6 Å². The van der Waals surface area contributed by atoms with Gasteiger partial charge in [0.05, 0.1) is 18.4 Å². The van der Waals surface area contributed by atoms with Crippen LogP contribution in [-0.4, -0.2) is 18.4 Å². The number of ether oxygens (including phenoxy) is 1. The molecule has 0 fully saturated rings. The maximum absolute atomic E-state index is 12.7. The molecule has 0 radical (unpaired) electrons. The molecule has 1 aromatic carbocycles. The molecule has 9 heteroatoms. The Morgan fingerprint density at radius 2 is 2.09 bits per heavy atom. The van der Waals surface area contributed by atoms with Gasteiger partial charge < -0.3 is 4.74 Å². The summed E-state index contributed by atoms with van der Waals surface area (Å²) in [5.41, 5.74) is -1.12. The first-order chi connectivity index (χ1) is 10.3. The first-order valence-electron chi connectivity index (χ1n) is 6.23. The van der Waals surface area contributed by atoms with Crippen LogP contribution in [0.15, 0.2) is 23.4 Å². The van der Waals surface area contributed by atoms with Gasteiger partial charge in [0.15, 0.2) is 0 Å². The number of oxime groups is 1. The number of hydrogen-bond donors (Lipinski definition) is 1. The summed E-state index contributed by atoms with van der Waals surface area (Å²) < 4.78 is 42.8. The second kappa shape index (κ2) is 7.88. The summed E-state index contributed by atoms with van der Waals surface area (Å²) in [5, 5.41) is 5.54. The van der Waals surface area contributed by atoms with E-state index in [1.807, 2.05) is 6.92 Å². The number of carbonyl (C=O) groups excluding carboxylic acids is 1. The Morgan fingerprint density at radius 3 is 2.64 bits per heavy atom. The fraction of sp³-hybridized carbons (Fsp3) is 0.385. The molecule has 5 nitrogen and oxygen atoms in total. The van der Waals surface area contributed by atoms with Crippen LogP contribution in [0.4, 0.5) is 23.7 Å². The molecule has 0 unspecified atom stereocenters. The van der Waals surface area contributed by atoms with Gasteiger partial charge >= 0.3 is 12.3 Å². The minimum Gasteiger partial charge on any atom is -0.495 e. The highest BCUT2D eigenvalue weighted by Gasteiger charge is 2.31. The molecule has 122 valence electrons. The number of alkyl halides is 3. The van der Waals surface area contributed by atoms with E-state index in [0.717, 1.165) is 18.2 Å². The number of hydrogen-bond acceptors (Lipinski definition) is 4. The van der Waals surface area contributed by atoms with Gasteiger partial charge in [0.25, 0.3) is 0 Å². The molecule has 0 aromatic heterocycles. The fourth-order valence-corrected chi connectivity index (χ4v) is 1.68. The van der Waals surface area contributed by atoms with E-state index in [2.05, 4.69) is 15.3 Å². The maximum atomic E-state index is 12.7. The molecule has 1 rings (SSSR count). The summed E-state index contributed by atoms with van der Waals surface area (Å²) in [6, 6.07) is 2.66. The Labute approximate surface area is 130 Å². The van der Waals surface area contributed by atoms with Crippen LogP contribution in [0.3, 0.4) is 0 Å². The standard InChI is InChI=1S/C13H14ClF3N2O3/c1-3-4-11(14)19-22-12(20)18-9-7-8(13(15,16)17)5-6-10(9)21-2/h5-7H,3-4H2,1-2H3,(H,18,20)/b19-11+. The highest BCUT2D eigenvalue weighted by atomic mass is 35.5. The quantitative estimate of drug-likeness (QED) is 0.484. The third kappa shape index (κ3) is 5.44. The minimum atomic E-state index is -4.55. The number of anilines is 1. The Hall–Kier alpha value is -1.96. The number of carbonyl (C=O) groups is 1. The molecular formula is C13H14ClF3N2O3. The van der Waals surface area contributed by atoms with Crippen LogP contribution in [0.2, 0.25) is 0 Å². The number of benzene rings is 1. The van der Waals surface area contributed by atoms with Gasteiger partial charge in [-0.2, -0.15) is 13.2 Å². The predicted molar refractivity (Wildman–Crippen MR) is 76.3 cm³/mol. The molecule has 0 aliphatic carbocycles. The van der Waals surface area contributed by atoms with Crippen molar-refractivity contribution >= 4 is 28.6 Å². The van der Waals surface area contributed by atoms with Crippen LogP contribution in [0.1, 0.15) is 25.3 Å². The number of halogens is 4. The first-order valence-corrected chi connectivity index (χ1v) is 6.61. The Balaban J connectivity index is 2.87. The lowest BCUT2D eigenvalue weighted by Gasteiger charge is -2.12. The summed E-state index contributed by atoms with van der Waals surface area (Å²) in [4.78, 5) is 16.0. The van der Waals surface area contributed by atoms with Crippen molar-refractivity contribution in [2.24, 2.45) is 5.16 Å². The number of methoxy groups -OCH3 is 1. The SMILES string of the molecule is CCC/C(Cl)=N\OC(=O)Nc1cc(C(F)(F)F)ccc1OC. The van der Waals surface area contributed by atoms with E-state index in [1.54, 1.807) is 0 Å². The van der Waals surface area contributed by atoms with Crippen LogP contribution in [0, 0.1) is 0 Å². The van der Waals surface area contributed by atoms with Crippen molar-refractivity contribution in [2.45, 2.75) is 25.9 Å². The predicted octanol–water partition coefficient (Wildman–Crippen LogP) is 4.61. The number of amides is 1. The average Bonchev–Trinajstić information content (AvgIpc) is 2.44. The normalized spacial score (nSPS) is 12.0. The smallest absolute Gasteiger partial charge is 0.437 e. The molecule has 0 heterocycles. The number of rotatable bonds is 5. The molecule has 0 saturated heterocycles. The van der Waals surface area contributed by atoms with Gasteiger partial charge in [-0.3, -0.25) is 10.2 Å². The monoisotopic (exact) mass is 338 g/mol. The van der Waals surface area contributed by atoms with Gasteiger partial charge in [0, 0.05) is 6.42 Å². The Bertz CT molecular complexity index is 562. The van der Waals surface area contributed by atoms with E-state index in [-0.39, 0.29) is 16.6 Å². The van der Waals surface area contributed by atoms with Gasteiger partial charge in [-0.1, -0.05) is 23.7 Å². The van der Waals surface area contributed by atoms with Crippen molar-refractivity contribution in [1.29, 1.82) is 0 Å². The Morgan fingerprint density at radius 1 is 1.41 bits per heavy atom. The molecule has 1 amide bonds. The molecule has 1 N–H and O–H groups in total. The molecule has 0 saturated carbocycles. The molecule has 0 bridgehead atoms. The van der Waals surface area contributed by atoms with E-state index in [9.17, 15) is 18.0 Å². The van der Waals surface area contributed by atoms with Crippen LogP contribution >= 0.6 is 11.6 Å². The fourth-order valence-electron chi connectivity index (χ4n) is 1.46. The van der Waals surface area contributed by atoms with Crippen molar-refractivity contribution in [3.8, 4) is 5.75 Å². The zero-order chi connectivity index (χ0) is 16.8. The van der Waals surface area contributed by atoms with Gasteiger partial charge in [-0.25, -0.2) is 4.79 Å². The number of nitrogens with zero attached hydrogens (tertiary/aromatic N) is 1. The van der Waals surface area contributed by atoms with Gasteiger partial charge in [0.1, 0.15) is 10.9 Å². The average molecular weight is 339 g/mol. The molecule has 0 aliphatic rings. The summed E-state index contributed by atoms with van der Waals surface area (Å²) in [7, 11) is 1.26. The Kier molecular flexibility index (Phi) is 6.48. The lowest BCUT2D eigenvalue weighted by Crippen LogP contribution is -2.14. The zero-order valence-corrected chi connectivity index (χ0v) is 12.6. The summed E-state index contributed by atoms with van der Waals surface area (Å²) in [5.74, 6) is 0.0496. The van der Waals surface area contributed by atoms with Crippen LogP contribution in [0.5, 0.6) is 5.75 Å². The lowest BCUT2D eigenvalue weighted by atomic mass is 10.2. The molecule has 0 aliphatic heterocycles. The molecule has 0 atom stereocenters. The largest absolute Gasteiger partial charge is 0.495 e. The van der Waals surface area contributed by atoms with Gasteiger partial charge in [-0.15, -0.1) is 0 Å². The number of nitrogens with one attached hydrogen (secondary N) is 1. The first kappa shape index (κ1) is 18.1. The maximum Gasteiger partial charge on any atom is 0.437 e. The van der Waals surface area contributed by atoms with Crippen molar-refractivity contribution in [2.75, 3.05) is 12.4 Å². The van der Waals surface area contributed by atoms with Crippen molar-refractivity contribution < 1.29 is 27.5 Å². The van der Waals surface area contributed by atoms with E-state index in [1.165, 1.54) is 7.11 Å². The van der Waals surface area contributed by atoms with Crippen LogP contribution in [-0.2, 0) is 11.0 Å². The lowest BCUT2D eigenvalue weighted by molar-refractivity contribution is -0.137. The minimum absolute atomic E-state index is 0.0496. The molecule has 0 spiro atoms. The van der Waals surface area contributed by atoms with E-state index >= 15 is 0 Å². The topological polar surface area (TPSA) is 59.9 Å². The van der Waals surface area contributed by atoms with E-state index in [0.29, 0.717) is 12.8 Å². The summed E-state index contributed by atoms with van der Waals surface area (Å²) in [6.45, 7) is 1.85. The molecular weight excluding hydrogens is 325 g/mol. The second-order valence-electron chi connectivity index (χ2n) is 4.13. The van der Waals surface area contributed by atoms with E-state index in [4.69, 9.17) is 16.3 Å². The highest BCUT2D eigenvalue weighted by Crippen LogP contribution is 2.34. The molecule has 22 heavy (non-hydrogen) atoms. The third-order valence-electron chi connectivity index (χ3n) is 2.45. The second-order valence-corrected chi connectivity index (χ2v) is 4.57. The van der Waals surface area contributed by atoms with Crippen LogP contribution < -0.4 is 10.1 Å². The summed E-state index contributed by atoms with van der Waals surface area (Å²) in [6.07, 6.45) is -4.50. The summed E-state index contributed by atoms with van der Waals surface area (Å²) >= 11 is 5.64. The zero-order valence-electron chi connectivity index (χ0n) is 11.8. The highest BCUT2D eigenvalue weighted by molar-refractivity contribution is 6.65. The van der Waals surface area contributed by atoms with Gasteiger partial charge in [0.2, 0.25) is 0 Å². The van der Waals surface area contributed by atoms with Crippen molar-refractivity contribution in [3.05, 3.63) is 23.8 Å². The van der Waals surface area contributed by atoms with E-state index < -0.39 is 17.8 Å².